The maximum atomic E-state index is 5.45. The molecule has 3 nitrogen and oxygen atoms in total. The van der Waals surface area contributed by atoms with Crippen molar-refractivity contribution in [3.05, 3.63) is 26.6 Å². The SMILES string of the molecule is COc1c(Br)cc(C2(C)COC(C)=N2)cc1Br. The Labute approximate surface area is 117 Å². The van der Waals surface area contributed by atoms with Crippen LogP contribution in [0.3, 0.4) is 0 Å². The van der Waals surface area contributed by atoms with Crippen molar-refractivity contribution in [1.29, 1.82) is 0 Å². The van der Waals surface area contributed by atoms with Gasteiger partial charge in [-0.05, 0) is 56.5 Å². The van der Waals surface area contributed by atoms with Crippen molar-refractivity contribution >= 4 is 37.8 Å². The van der Waals surface area contributed by atoms with Crippen LogP contribution in [0.25, 0.3) is 0 Å². The van der Waals surface area contributed by atoms with E-state index in [2.05, 4.69) is 43.8 Å². The molecule has 1 atom stereocenters. The monoisotopic (exact) mass is 361 g/mol. The van der Waals surface area contributed by atoms with Crippen LogP contribution in [0.15, 0.2) is 26.1 Å². The van der Waals surface area contributed by atoms with Gasteiger partial charge in [0.05, 0.1) is 16.1 Å². The summed E-state index contributed by atoms with van der Waals surface area (Å²) in [5.74, 6) is 1.52. The molecule has 0 spiro atoms. The number of benzene rings is 1. The fourth-order valence-electron chi connectivity index (χ4n) is 1.87. The Bertz CT molecular complexity index is 464. The predicted octanol–water partition coefficient (Wildman–Crippen LogP) is 3.88. The summed E-state index contributed by atoms with van der Waals surface area (Å²) in [7, 11) is 1.65. The molecule has 1 aliphatic rings. The van der Waals surface area contributed by atoms with E-state index >= 15 is 0 Å². The standard InChI is InChI=1S/C12H13Br2NO2/c1-7-15-12(2,6-17-7)8-4-9(13)11(16-3)10(14)5-8/h4-5H,6H2,1-3H3. The lowest BCUT2D eigenvalue weighted by Gasteiger charge is -2.20. The van der Waals surface area contributed by atoms with Crippen molar-refractivity contribution in [3.63, 3.8) is 0 Å². The number of hydrogen-bond acceptors (Lipinski definition) is 3. The first-order valence-corrected chi connectivity index (χ1v) is 6.77. The summed E-state index contributed by atoms with van der Waals surface area (Å²) >= 11 is 7.00. The number of halogens is 2. The van der Waals surface area contributed by atoms with E-state index in [9.17, 15) is 0 Å². The summed E-state index contributed by atoms with van der Waals surface area (Å²) < 4.78 is 12.5. The first kappa shape index (κ1) is 12.9. The van der Waals surface area contributed by atoms with Gasteiger partial charge in [0.15, 0.2) is 5.90 Å². The van der Waals surface area contributed by atoms with Gasteiger partial charge >= 0.3 is 0 Å². The van der Waals surface area contributed by atoms with Gasteiger partial charge in [0.2, 0.25) is 0 Å². The van der Waals surface area contributed by atoms with Gasteiger partial charge in [-0.25, -0.2) is 4.99 Å². The van der Waals surface area contributed by atoms with Crippen LogP contribution < -0.4 is 4.74 Å². The second-order valence-corrected chi connectivity index (χ2v) is 5.88. The Morgan fingerprint density at radius 3 is 2.35 bits per heavy atom. The van der Waals surface area contributed by atoms with Crippen LogP contribution in [0.2, 0.25) is 0 Å². The van der Waals surface area contributed by atoms with Gasteiger partial charge in [-0.3, -0.25) is 0 Å². The molecule has 0 bridgehead atoms. The highest BCUT2D eigenvalue weighted by atomic mass is 79.9. The van der Waals surface area contributed by atoms with E-state index in [4.69, 9.17) is 9.47 Å². The van der Waals surface area contributed by atoms with Crippen molar-refractivity contribution in [3.8, 4) is 5.75 Å². The third kappa shape index (κ3) is 2.36. The fraction of sp³-hybridized carbons (Fsp3) is 0.417. The van der Waals surface area contributed by atoms with Crippen molar-refractivity contribution in [1.82, 2.24) is 0 Å². The average molecular weight is 363 g/mol. The van der Waals surface area contributed by atoms with Gasteiger partial charge in [-0.2, -0.15) is 0 Å². The molecular formula is C12H13Br2NO2. The Morgan fingerprint density at radius 1 is 1.35 bits per heavy atom. The molecule has 1 unspecified atom stereocenters. The van der Waals surface area contributed by atoms with Gasteiger partial charge < -0.3 is 9.47 Å². The largest absolute Gasteiger partial charge is 0.494 e. The molecule has 0 N–H and O–H groups in total. The molecule has 5 heteroatoms. The first-order valence-electron chi connectivity index (χ1n) is 5.19. The zero-order valence-corrected chi connectivity index (χ0v) is 13.1. The summed E-state index contributed by atoms with van der Waals surface area (Å²) in [6.07, 6.45) is 0. The number of aliphatic imine (C=N–C) groups is 1. The summed E-state index contributed by atoms with van der Waals surface area (Å²) in [6, 6.07) is 4.05. The van der Waals surface area contributed by atoms with E-state index in [1.807, 2.05) is 19.1 Å². The van der Waals surface area contributed by atoms with Crippen molar-refractivity contribution in [2.24, 2.45) is 4.99 Å². The topological polar surface area (TPSA) is 30.8 Å². The van der Waals surface area contributed by atoms with Crippen molar-refractivity contribution < 1.29 is 9.47 Å². The maximum Gasteiger partial charge on any atom is 0.181 e. The smallest absolute Gasteiger partial charge is 0.181 e. The van der Waals surface area contributed by atoms with Crippen LogP contribution in [-0.4, -0.2) is 19.6 Å². The van der Waals surface area contributed by atoms with E-state index in [1.54, 1.807) is 7.11 Å². The molecule has 1 aromatic carbocycles. The molecule has 0 radical (unpaired) electrons. The molecule has 0 amide bonds. The molecule has 1 aromatic rings. The van der Waals surface area contributed by atoms with Gasteiger partial charge in [0, 0.05) is 6.92 Å². The zero-order chi connectivity index (χ0) is 12.6. The molecule has 0 fully saturated rings. The Balaban J connectivity index is 2.48. The number of hydrogen-bond donors (Lipinski definition) is 0. The summed E-state index contributed by atoms with van der Waals surface area (Å²) in [4.78, 5) is 4.54. The minimum atomic E-state index is -0.318. The van der Waals surface area contributed by atoms with Crippen molar-refractivity contribution in [2.45, 2.75) is 19.4 Å². The summed E-state index contributed by atoms with van der Waals surface area (Å²) in [5.41, 5.74) is 0.774. The van der Waals surface area contributed by atoms with E-state index in [0.717, 1.165) is 26.2 Å². The number of ether oxygens (including phenoxy) is 2. The Kier molecular flexibility index (Phi) is 3.50. The molecule has 92 valence electrons. The van der Waals surface area contributed by atoms with E-state index in [0.29, 0.717) is 6.61 Å². The average Bonchev–Trinajstić information content (AvgIpc) is 2.59. The normalized spacial score (nSPS) is 23.2. The lowest BCUT2D eigenvalue weighted by Crippen LogP contribution is -2.20. The van der Waals surface area contributed by atoms with Crippen LogP contribution >= 0.6 is 31.9 Å². The molecule has 2 rings (SSSR count). The van der Waals surface area contributed by atoms with Gasteiger partial charge in [0.1, 0.15) is 17.9 Å². The predicted molar refractivity (Wildman–Crippen MR) is 74.8 cm³/mol. The number of nitrogens with zero attached hydrogens (tertiary/aromatic N) is 1. The summed E-state index contributed by atoms with van der Waals surface area (Å²) in [5, 5.41) is 0. The van der Waals surface area contributed by atoms with E-state index in [-0.39, 0.29) is 5.54 Å². The Morgan fingerprint density at radius 2 is 1.94 bits per heavy atom. The van der Waals surface area contributed by atoms with Crippen LogP contribution in [0.4, 0.5) is 0 Å². The summed E-state index contributed by atoms with van der Waals surface area (Å²) in [6.45, 7) is 4.51. The molecule has 0 aromatic heterocycles. The maximum absolute atomic E-state index is 5.45. The molecule has 0 saturated heterocycles. The van der Waals surface area contributed by atoms with Crippen LogP contribution in [0.5, 0.6) is 5.75 Å². The molecule has 1 aliphatic heterocycles. The fourth-order valence-corrected chi connectivity index (χ4v) is 3.38. The lowest BCUT2D eigenvalue weighted by molar-refractivity contribution is 0.267. The highest BCUT2D eigenvalue weighted by Gasteiger charge is 2.33. The Hall–Kier alpha value is -0.550. The van der Waals surface area contributed by atoms with Gasteiger partial charge in [-0.1, -0.05) is 0 Å². The second kappa shape index (κ2) is 4.61. The van der Waals surface area contributed by atoms with Gasteiger partial charge in [-0.15, -0.1) is 0 Å². The third-order valence-corrected chi connectivity index (χ3v) is 3.97. The van der Waals surface area contributed by atoms with Crippen molar-refractivity contribution in [2.75, 3.05) is 13.7 Å². The third-order valence-electron chi connectivity index (χ3n) is 2.79. The second-order valence-electron chi connectivity index (χ2n) is 4.17. The highest BCUT2D eigenvalue weighted by molar-refractivity contribution is 9.11. The molecule has 17 heavy (non-hydrogen) atoms. The molecule has 0 saturated carbocycles. The van der Waals surface area contributed by atoms with E-state index in [1.165, 1.54) is 0 Å². The first-order chi connectivity index (χ1) is 7.96. The molecule has 1 heterocycles. The van der Waals surface area contributed by atoms with E-state index < -0.39 is 0 Å². The quantitative estimate of drug-likeness (QED) is 0.799. The lowest BCUT2D eigenvalue weighted by atomic mass is 9.94. The van der Waals surface area contributed by atoms with Gasteiger partial charge in [0.25, 0.3) is 0 Å². The zero-order valence-electron chi connectivity index (χ0n) is 9.88. The van der Waals surface area contributed by atoms with Crippen LogP contribution in [0, 0.1) is 0 Å². The number of methoxy groups -OCH3 is 1. The number of rotatable bonds is 2. The highest BCUT2D eigenvalue weighted by Crippen LogP contribution is 2.39. The molecule has 0 aliphatic carbocycles. The van der Waals surface area contributed by atoms with Crippen LogP contribution in [0.1, 0.15) is 19.4 Å². The van der Waals surface area contributed by atoms with Crippen LogP contribution in [-0.2, 0) is 10.3 Å². The minimum absolute atomic E-state index is 0.318. The molecular weight excluding hydrogens is 350 g/mol. The minimum Gasteiger partial charge on any atom is -0.494 e.